The van der Waals surface area contributed by atoms with Crippen molar-refractivity contribution in [1.82, 2.24) is 31.5 Å². The summed E-state index contributed by atoms with van der Waals surface area (Å²) in [6.45, 7) is 4.71. The highest BCUT2D eigenvalue weighted by Crippen LogP contribution is 2.10. The highest BCUT2D eigenvalue weighted by Gasteiger charge is 2.30. The Morgan fingerprint density at radius 3 is 2.04 bits per heavy atom. The Bertz CT molecular complexity index is 1100. The van der Waals surface area contributed by atoms with E-state index in [0.717, 1.165) is 4.90 Å². The molecule has 7 amide bonds. The molecule has 0 radical (unpaired) electrons. The number of amides is 7. The maximum Gasteiger partial charge on any atom is 0.253 e. The Kier molecular flexibility index (Phi) is 20.0. The molecule has 8 N–H and O–H groups in total. The minimum Gasteiger partial charge on any atom is -0.394 e. The number of nitrogens with one attached hydrogen (secondary N) is 5. The van der Waals surface area contributed by atoms with Crippen LogP contribution in [0.5, 0.6) is 0 Å². The van der Waals surface area contributed by atoms with Gasteiger partial charge in [-0.2, -0.15) is 0 Å². The number of aliphatic hydroxyl groups is 3. The van der Waals surface area contributed by atoms with Gasteiger partial charge in [-0.1, -0.05) is 42.9 Å². The lowest BCUT2D eigenvalue weighted by atomic mass is 10.0. The van der Waals surface area contributed by atoms with Crippen molar-refractivity contribution in [2.45, 2.75) is 102 Å². The molecule has 0 saturated heterocycles. The Morgan fingerprint density at radius 1 is 0.787 bits per heavy atom. The second-order valence-corrected chi connectivity index (χ2v) is 12.4. The molecule has 5 atom stereocenters. The van der Waals surface area contributed by atoms with Crippen molar-refractivity contribution in [3.63, 3.8) is 0 Å². The molecule has 0 aromatic carbocycles. The number of carbonyl (C=O) groups is 7. The standard InChI is InChI=1S/C30H49IN6O10/c1-18(2)27(30(47)34-19(3)28(45)33-17-31)36-29(46)22(8-9-23(41)32-13-12-20(39)15-21(40)16-38)35-24(42)7-5-4-6-14-37-25(43)10-11-26(37)44/h10-11,18-22,27,38-40H,4-9,12-17H2,1-3H3,(H,32,41)(H,33,45)(H,34,47)(H,35,42)(H,36,46)/t19-,20+,21-,22-,27-/m0/s1. The van der Waals surface area contributed by atoms with Crippen LogP contribution in [-0.2, 0) is 33.6 Å². The minimum absolute atomic E-state index is 0.0330. The van der Waals surface area contributed by atoms with Crippen LogP contribution in [0.25, 0.3) is 0 Å². The first-order valence-electron chi connectivity index (χ1n) is 15.7. The fraction of sp³-hybridized carbons (Fsp3) is 0.700. The molecule has 0 fully saturated rings. The molecule has 0 aromatic heterocycles. The van der Waals surface area contributed by atoms with E-state index in [0.29, 0.717) is 23.8 Å². The van der Waals surface area contributed by atoms with Gasteiger partial charge in [0.25, 0.3) is 11.8 Å². The quantitative estimate of drug-likeness (QED) is 0.0196. The normalized spacial score (nSPS) is 15.9. The first kappa shape index (κ1) is 41.9. The molecule has 0 aromatic rings. The van der Waals surface area contributed by atoms with Crippen molar-refractivity contribution >= 4 is 63.9 Å². The first-order chi connectivity index (χ1) is 22.2. The number of hydrogen-bond donors (Lipinski definition) is 8. The van der Waals surface area contributed by atoms with Crippen molar-refractivity contribution in [2.75, 3.05) is 24.2 Å². The average Bonchev–Trinajstić information content (AvgIpc) is 3.33. The number of unbranched alkanes of at least 4 members (excludes halogenated alkanes) is 2. The topological polar surface area (TPSA) is 244 Å². The number of aliphatic hydroxyl groups excluding tert-OH is 3. The van der Waals surface area contributed by atoms with Crippen LogP contribution in [0, 0.1) is 5.92 Å². The lowest BCUT2D eigenvalue weighted by Crippen LogP contribution is -2.57. The van der Waals surface area contributed by atoms with E-state index >= 15 is 0 Å². The van der Waals surface area contributed by atoms with Gasteiger partial charge in [0, 0.05) is 44.5 Å². The highest BCUT2D eigenvalue weighted by atomic mass is 127. The maximum atomic E-state index is 13.4. The number of imide groups is 1. The third-order valence-electron chi connectivity index (χ3n) is 7.29. The van der Waals surface area contributed by atoms with Gasteiger partial charge in [0.2, 0.25) is 29.5 Å². The van der Waals surface area contributed by atoms with E-state index in [-0.39, 0.29) is 57.0 Å². The van der Waals surface area contributed by atoms with Crippen LogP contribution in [0.2, 0.25) is 0 Å². The molecule has 0 bridgehead atoms. The number of carbonyl (C=O) groups excluding carboxylic acids is 7. The van der Waals surface area contributed by atoms with Gasteiger partial charge in [0.15, 0.2) is 0 Å². The molecule has 1 rings (SSSR count). The lowest BCUT2D eigenvalue weighted by Gasteiger charge is -2.26. The summed E-state index contributed by atoms with van der Waals surface area (Å²) in [4.78, 5) is 88.2. The second kappa shape index (κ2) is 22.4. The molecule has 0 saturated carbocycles. The molecule has 16 nitrogen and oxygen atoms in total. The van der Waals surface area contributed by atoms with E-state index in [1.54, 1.807) is 13.8 Å². The fourth-order valence-electron chi connectivity index (χ4n) is 4.54. The molecule has 266 valence electrons. The van der Waals surface area contributed by atoms with Crippen LogP contribution in [0.3, 0.4) is 0 Å². The monoisotopic (exact) mass is 780 g/mol. The molecular weight excluding hydrogens is 731 g/mol. The van der Waals surface area contributed by atoms with Gasteiger partial charge >= 0.3 is 0 Å². The van der Waals surface area contributed by atoms with Crippen LogP contribution in [0.4, 0.5) is 0 Å². The first-order valence-corrected chi connectivity index (χ1v) is 17.2. The Hall–Kier alpha value is -3.16. The summed E-state index contributed by atoms with van der Waals surface area (Å²) in [7, 11) is 0. The molecule has 1 heterocycles. The second-order valence-electron chi connectivity index (χ2n) is 11.6. The SMILES string of the molecule is CC(C)[C@H](NC(=O)[C@H](CCC(=O)NCC[C@@H](O)C[C@H](O)CO)NC(=O)CCCCCN1C(=O)C=CC1=O)C(=O)N[C@@H](C)C(=O)NCI. The predicted octanol–water partition coefficient (Wildman–Crippen LogP) is -1.50. The zero-order valence-corrected chi connectivity index (χ0v) is 29.3. The number of rotatable bonds is 23. The van der Waals surface area contributed by atoms with E-state index in [9.17, 15) is 43.8 Å². The summed E-state index contributed by atoms with van der Waals surface area (Å²) in [5, 5.41) is 41.3. The van der Waals surface area contributed by atoms with Gasteiger partial charge < -0.3 is 41.9 Å². The Balaban J connectivity index is 2.80. The predicted molar refractivity (Wildman–Crippen MR) is 178 cm³/mol. The molecule has 0 aliphatic carbocycles. The van der Waals surface area contributed by atoms with E-state index < -0.39 is 72.4 Å². The van der Waals surface area contributed by atoms with Gasteiger partial charge in [0.1, 0.15) is 18.1 Å². The number of hydrogen-bond acceptors (Lipinski definition) is 10. The third kappa shape index (κ3) is 16.5. The molecule has 0 unspecified atom stereocenters. The summed E-state index contributed by atoms with van der Waals surface area (Å²) in [5.74, 6) is -3.77. The summed E-state index contributed by atoms with van der Waals surface area (Å²) in [6, 6.07) is -3.09. The highest BCUT2D eigenvalue weighted by molar-refractivity contribution is 14.1. The molecular formula is C30H49IN6O10. The average molecular weight is 781 g/mol. The van der Waals surface area contributed by atoms with Crippen molar-refractivity contribution in [2.24, 2.45) is 5.92 Å². The van der Waals surface area contributed by atoms with Gasteiger partial charge in [0.05, 0.1) is 23.4 Å². The van der Waals surface area contributed by atoms with Gasteiger partial charge in [-0.3, -0.25) is 38.5 Å². The van der Waals surface area contributed by atoms with E-state index in [1.807, 2.05) is 22.6 Å². The van der Waals surface area contributed by atoms with Crippen LogP contribution in [0.15, 0.2) is 12.2 Å². The lowest BCUT2D eigenvalue weighted by molar-refractivity contribution is -0.137. The van der Waals surface area contributed by atoms with E-state index in [2.05, 4.69) is 26.6 Å². The van der Waals surface area contributed by atoms with Crippen molar-refractivity contribution in [3.05, 3.63) is 12.2 Å². The number of nitrogens with zero attached hydrogens (tertiary/aromatic N) is 1. The van der Waals surface area contributed by atoms with Crippen LogP contribution < -0.4 is 26.6 Å². The summed E-state index contributed by atoms with van der Waals surface area (Å²) in [6.07, 6.45) is 1.62. The smallest absolute Gasteiger partial charge is 0.253 e. The maximum absolute atomic E-state index is 13.4. The summed E-state index contributed by atoms with van der Waals surface area (Å²) >= 11 is 1.95. The largest absolute Gasteiger partial charge is 0.394 e. The fourth-order valence-corrected chi connectivity index (χ4v) is 4.92. The van der Waals surface area contributed by atoms with E-state index in [4.69, 9.17) is 5.11 Å². The van der Waals surface area contributed by atoms with Crippen LogP contribution in [0.1, 0.15) is 72.1 Å². The van der Waals surface area contributed by atoms with Gasteiger partial charge in [-0.25, -0.2) is 0 Å². The van der Waals surface area contributed by atoms with Crippen LogP contribution >= 0.6 is 22.6 Å². The van der Waals surface area contributed by atoms with Crippen LogP contribution in [-0.4, -0.2) is 116 Å². The zero-order valence-electron chi connectivity index (χ0n) is 27.1. The minimum atomic E-state index is -1.18. The van der Waals surface area contributed by atoms with Crippen molar-refractivity contribution in [3.8, 4) is 0 Å². The molecule has 0 spiro atoms. The van der Waals surface area contributed by atoms with Crippen molar-refractivity contribution in [1.29, 1.82) is 0 Å². The summed E-state index contributed by atoms with van der Waals surface area (Å²) in [5.41, 5.74) is 0. The van der Waals surface area contributed by atoms with E-state index in [1.165, 1.54) is 19.1 Å². The van der Waals surface area contributed by atoms with Gasteiger partial charge in [-0.05, 0) is 38.5 Å². The van der Waals surface area contributed by atoms with Crippen molar-refractivity contribution < 1.29 is 48.9 Å². The summed E-state index contributed by atoms with van der Waals surface area (Å²) < 4.78 is 0.346. The molecule has 17 heteroatoms. The molecule has 1 aliphatic heterocycles. The third-order valence-corrected chi connectivity index (χ3v) is 7.67. The number of halogens is 1. The van der Waals surface area contributed by atoms with Gasteiger partial charge in [-0.15, -0.1) is 0 Å². The zero-order chi connectivity index (χ0) is 35.5. The Labute approximate surface area is 288 Å². The molecule has 47 heavy (non-hydrogen) atoms. The molecule has 1 aliphatic rings. The number of alkyl halides is 1. The Morgan fingerprint density at radius 2 is 1.45 bits per heavy atom.